The van der Waals surface area contributed by atoms with Crippen LogP contribution < -0.4 is 9.62 Å². The Hall–Kier alpha value is -3.32. The van der Waals surface area contributed by atoms with Crippen molar-refractivity contribution in [2.24, 2.45) is 0 Å². The Morgan fingerprint density at radius 1 is 0.806 bits per heavy atom. The molecule has 1 heterocycles. The van der Waals surface area contributed by atoms with Crippen LogP contribution in [0.2, 0.25) is 0 Å². The second kappa shape index (κ2) is 8.81. The number of carbonyl (C=O) groups is 1. The molecule has 7 heteroatoms. The Morgan fingerprint density at radius 2 is 1.42 bits per heavy atom. The maximum Gasteiger partial charge on any atom is 0.261 e. The van der Waals surface area contributed by atoms with Crippen LogP contribution in [0.15, 0.2) is 83.8 Å². The summed E-state index contributed by atoms with van der Waals surface area (Å²) in [6.45, 7) is 4.76. The summed E-state index contributed by atoms with van der Waals surface area (Å²) in [5.41, 5.74) is 3.13. The van der Waals surface area contributed by atoms with E-state index in [9.17, 15) is 13.2 Å². The van der Waals surface area contributed by atoms with Gasteiger partial charge in [0.15, 0.2) is 0 Å². The van der Waals surface area contributed by atoms with Crippen molar-refractivity contribution in [3.8, 4) is 0 Å². The van der Waals surface area contributed by atoms with Crippen LogP contribution in [0.4, 0.5) is 11.4 Å². The number of nitrogens with zero attached hydrogens (tertiary/aromatic N) is 2. The van der Waals surface area contributed by atoms with Crippen molar-refractivity contribution in [2.45, 2.75) is 11.8 Å². The largest absolute Gasteiger partial charge is 0.368 e. The van der Waals surface area contributed by atoms with E-state index in [1.165, 1.54) is 5.69 Å². The van der Waals surface area contributed by atoms with E-state index >= 15 is 0 Å². The Kier molecular flexibility index (Phi) is 5.95. The van der Waals surface area contributed by atoms with Crippen molar-refractivity contribution >= 4 is 27.3 Å². The van der Waals surface area contributed by atoms with Gasteiger partial charge in [0.25, 0.3) is 15.9 Å². The molecule has 160 valence electrons. The second-order valence-corrected chi connectivity index (χ2v) is 9.29. The third-order valence-corrected chi connectivity index (χ3v) is 6.80. The molecule has 3 aromatic carbocycles. The minimum atomic E-state index is -3.67. The summed E-state index contributed by atoms with van der Waals surface area (Å²) in [6, 6.07) is 23.4. The van der Waals surface area contributed by atoms with E-state index in [-0.39, 0.29) is 10.8 Å². The average molecular weight is 436 g/mol. The van der Waals surface area contributed by atoms with E-state index in [4.69, 9.17) is 0 Å². The van der Waals surface area contributed by atoms with Crippen LogP contribution in [0, 0.1) is 6.92 Å². The highest BCUT2D eigenvalue weighted by atomic mass is 32.2. The van der Waals surface area contributed by atoms with Crippen LogP contribution in [-0.2, 0) is 10.0 Å². The molecule has 0 radical (unpaired) electrons. The molecule has 1 N–H and O–H groups in total. The van der Waals surface area contributed by atoms with Crippen molar-refractivity contribution in [1.29, 1.82) is 0 Å². The molecule has 0 saturated carbocycles. The van der Waals surface area contributed by atoms with Crippen LogP contribution in [-0.4, -0.2) is 45.4 Å². The Balaban J connectivity index is 1.38. The molecule has 1 saturated heterocycles. The van der Waals surface area contributed by atoms with E-state index < -0.39 is 10.0 Å². The number of piperazine rings is 1. The van der Waals surface area contributed by atoms with Gasteiger partial charge in [-0.1, -0.05) is 35.9 Å². The normalized spacial score (nSPS) is 14.4. The standard InChI is InChI=1S/C24H25N3O3S/c1-19-7-13-23(14-8-19)31(29,30)25-21-11-9-20(10-12-21)24(28)27-17-15-26(16-18-27)22-5-3-2-4-6-22/h2-14,25H,15-18H2,1H3. The number of hydrogen-bond acceptors (Lipinski definition) is 4. The summed E-state index contributed by atoms with van der Waals surface area (Å²) >= 11 is 0. The SMILES string of the molecule is Cc1ccc(S(=O)(=O)Nc2ccc(C(=O)N3CCN(c4ccccc4)CC3)cc2)cc1. The number of hydrogen-bond donors (Lipinski definition) is 1. The van der Waals surface area contributed by atoms with E-state index in [1.54, 1.807) is 48.5 Å². The average Bonchev–Trinajstić information content (AvgIpc) is 2.80. The zero-order valence-corrected chi connectivity index (χ0v) is 18.2. The first-order valence-electron chi connectivity index (χ1n) is 10.2. The van der Waals surface area contributed by atoms with Gasteiger partial charge in [-0.15, -0.1) is 0 Å². The Morgan fingerprint density at radius 3 is 2.03 bits per heavy atom. The van der Waals surface area contributed by atoms with Gasteiger partial charge in [0.2, 0.25) is 0 Å². The number of anilines is 2. The first-order chi connectivity index (χ1) is 14.9. The van der Waals surface area contributed by atoms with E-state index in [1.807, 2.05) is 30.0 Å². The number of benzene rings is 3. The molecule has 0 bridgehead atoms. The highest BCUT2D eigenvalue weighted by Crippen LogP contribution is 2.20. The molecule has 1 aliphatic heterocycles. The fourth-order valence-corrected chi connectivity index (χ4v) is 4.66. The van der Waals surface area contributed by atoms with Crippen molar-refractivity contribution in [1.82, 2.24) is 4.90 Å². The number of carbonyl (C=O) groups excluding carboxylic acids is 1. The molecule has 0 unspecified atom stereocenters. The molecule has 4 rings (SSSR count). The monoisotopic (exact) mass is 435 g/mol. The lowest BCUT2D eigenvalue weighted by Crippen LogP contribution is -2.48. The second-order valence-electron chi connectivity index (χ2n) is 7.61. The van der Waals surface area contributed by atoms with Crippen molar-refractivity contribution < 1.29 is 13.2 Å². The van der Waals surface area contributed by atoms with Crippen LogP contribution in [0.3, 0.4) is 0 Å². The number of sulfonamides is 1. The Bertz CT molecular complexity index is 1140. The van der Waals surface area contributed by atoms with Crippen LogP contribution in [0.25, 0.3) is 0 Å². The lowest BCUT2D eigenvalue weighted by Gasteiger charge is -2.36. The van der Waals surface area contributed by atoms with E-state index in [2.05, 4.69) is 21.8 Å². The molecule has 0 aliphatic carbocycles. The quantitative estimate of drug-likeness (QED) is 0.663. The first-order valence-corrected chi connectivity index (χ1v) is 11.7. The highest BCUT2D eigenvalue weighted by molar-refractivity contribution is 7.92. The van der Waals surface area contributed by atoms with Gasteiger partial charge in [0.1, 0.15) is 0 Å². The predicted molar refractivity (Wildman–Crippen MR) is 123 cm³/mol. The zero-order valence-electron chi connectivity index (χ0n) is 17.4. The lowest BCUT2D eigenvalue weighted by molar-refractivity contribution is 0.0747. The van der Waals surface area contributed by atoms with Crippen LogP contribution >= 0.6 is 0 Å². The van der Waals surface area contributed by atoms with Gasteiger partial charge in [-0.25, -0.2) is 8.42 Å². The lowest BCUT2D eigenvalue weighted by atomic mass is 10.1. The molecule has 6 nitrogen and oxygen atoms in total. The molecule has 31 heavy (non-hydrogen) atoms. The molecular weight excluding hydrogens is 410 g/mol. The number of para-hydroxylation sites is 1. The summed E-state index contributed by atoms with van der Waals surface area (Å²) < 4.78 is 27.6. The molecular formula is C24H25N3O3S. The topological polar surface area (TPSA) is 69.7 Å². The highest BCUT2D eigenvalue weighted by Gasteiger charge is 2.22. The summed E-state index contributed by atoms with van der Waals surface area (Å²) in [7, 11) is -3.67. The summed E-state index contributed by atoms with van der Waals surface area (Å²) in [5.74, 6) is -0.0411. The molecule has 0 atom stereocenters. The van der Waals surface area contributed by atoms with Crippen molar-refractivity contribution in [2.75, 3.05) is 35.8 Å². The maximum atomic E-state index is 12.9. The van der Waals surface area contributed by atoms with Crippen molar-refractivity contribution in [3.63, 3.8) is 0 Å². The molecule has 0 spiro atoms. The number of nitrogens with one attached hydrogen (secondary N) is 1. The molecule has 0 aromatic heterocycles. The smallest absolute Gasteiger partial charge is 0.261 e. The van der Waals surface area contributed by atoms with Gasteiger partial charge >= 0.3 is 0 Å². The van der Waals surface area contributed by atoms with Crippen LogP contribution in [0.5, 0.6) is 0 Å². The van der Waals surface area contributed by atoms with Gasteiger partial charge in [0.05, 0.1) is 4.90 Å². The fraction of sp³-hybridized carbons (Fsp3) is 0.208. The third kappa shape index (κ3) is 4.88. The van der Waals surface area contributed by atoms with Gasteiger partial charge in [-0.05, 0) is 55.5 Å². The number of aryl methyl sites for hydroxylation is 1. The van der Waals surface area contributed by atoms with Gasteiger partial charge in [-0.3, -0.25) is 9.52 Å². The zero-order chi connectivity index (χ0) is 21.8. The third-order valence-electron chi connectivity index (χ3n) is 5.40. The predicted octanol–water partition coefficient (Wildman–Crippen LogP) is 3.76. The number of amides is 1. The van der Waals surface area contributed by atoms with Gasteiger partial charge in [0, 0.05) is 43.1 Å². The van der Waals surface area contributed by atoms with Crippen LogP contribution in [0.1, 0.15) is 15.9 Å². The molecule has 1 fully saturated rings. The van der Waals surface area contributed by atoms with E-state index in [0.717, 1.165) is 18.7 Å². The fourth-order valence-electron chi connectivity index (χ4n) is 3.60. The summed E-state index contributed by atoms with van der Waals surface area (Å²) in [4.78, 5) is 17.2. The summed E-state index contributed by atoms with van der Waals surface area (Å²) in [6.07, 6.45) is 0. The maximum absolute atomic E-state index is 12.9. The summed E-state index contributed by atoms with van der Waals surface area (Å²) in [5, 5.41) is 0. The molecule has 1 amide bonds. The van der Waals surface area contributed by atoms with E-state index in [0.29, 0.717) is 24.3 Å². The number of rotatable bonds is 5. The minimum absolute atomic E-state index is 0.0411. The Labute approximate surface area is 183 Å². The van der Waals surface area contributed by atoms with Gasteiger partial charge in [-0.2, -0.15) is 0 Å². The van der Waals surface area contributed by atoms with Gasteiger partial charge < -0.3 is 9.80 Å². The molecule has 3 aromatic rings. The first kappa shape index (κ1) is 20.9. The van der Waals surface area contributed by atoms with Crippen molar-refractivity contribution in [3.05, 3.63) is 90.0 Å². The molecule has 1 aliphatic rings. The minimum Gasteiger partial charge on any atom is -0.368 e.